The first-order chi connectivity index (χ1) is 12.6. The SMILES string of the molecule is CC(=O)N(c1ccccc1)c1nc(/C=N\NC(=O)c2ccoc2C)cs1. The van der Waals surface area contributed by atoms with Crippen molar-refractivity contribution >= 4 is 40.2 Å². The lowest BCUT2D eigenvalue weighted by Crippen LogP contribution is -2.22. The van der Waals surface area contributed by atoms with Crippen molar-refractivity contribution in [3.8, 4) is 0 Å². The molecule has 0 spiro atoms. The topological polar surface area (TPSA) is 87.8 Å². The van der Waals surface area contributed by atoms with E-state index in [0.29, 0.717) is 22.1 Å². The maximum Gasteiger partial charge on any atom is 0.274 e. The summed E-state index contributed by atoms with van der Waals surface area (Å²) in [7, 11) is 0. The molecule has 8 heteroatoms. The second-order valence-corrected chi connectivity index (χ2v) is 6.17. The highest BCUT2D eigenvalue weighted by Gasteiger charge is 2.17. The van der Waals surface area contributed by atoms with E-state index in [9.17, 15) is 9.59 Å². The number of carbonyl (C=O) groups is 2. The number of aryl methyl sites for hydroxylation is 1. The van der Waals surface area contributed by atoms with Crippen LogP contribution in [0.25, 0.3) is 0 Å². The highest BCUT2D eigenvalue weighted by molar-refractivity contribution is 7.14. The summed E-state index contributed by atoms with van der Waals surface area (Å²) in [5.41, 5.74) is 4.12. The first-order valence-corrected chi connectivity index (χ1v) is 8.63. The van der Waals surface area contributed by atoms with Gasteiger partial charge in [-0.25, -0.2) is 10.4 Å². The third-order valence-electron chi connectivity index (χ3n) is 3.50. The van der Waals surface area contributed by atoms with Crippen LogP contribution in [0.3, 0.4) is 0 Å². The first kappa shape index (κ1) is 17.6. The number of amides is 2. The van der Waals surface area contributed by atoms with Crippen LogP contribution < -0.4 is 10.3 Å². The first-order valence-electron chi connectivity index (χ1n) is 7.75. The normalized spacial score (nSPS) is 10.8. The minimum Gasteiger partial charge on any atom is -0.469 e. The molecule has 0 fully saturated rings. The van der Waals surface area contributed by atoms with E-state index in [1.807, 2.05) is 30.3 Å². The number of rotatable bonds is 5. The smallest absolute Gasteiger partial charge is 0.274 e. The third-order valence-corrected chi connectivity index (χ3v) is 4.34. The zero-order valence-electron chi connectivity index (χ0n) is 14.2. The van der Waals surface area contributed by atoms with Gasteiger partial charge in [0.2, 0.25) is 5.91 Å². The number of nitrogens with zero attached hydrogens (tertiary/aromatic N) is 3. The Morgan fingerprint density at radius 1 is 1.27 bits per heavy atom. The Hall–Kier alpha value is -3.26. The zero-order valence-corrected chi connectivity index (χ0v) is 15.0. The fraction of sp³-hybridized carbons (Fsp3) is 0.111. The van der Waals surface area contributed by atoms with E-state index >= 15 is 0 Å². The molecule has 2 amide bonds. The van der Waals surface area contributed by atoms with Gasteiger partial charge >= 0.3 is 0 Å². The van der Waals surface area contributed by atoms with Crippen molar-refractivity contribution in [1.82, 2.24) is 10.4 Å². The van der Waals surface area contributed by atoms with Crippen molar-refractivity contribution in [2.45, 2.75) is 13.8 Å². The van der Waals surface area contributed by atoms with Gasteiger partial charge in [-0.2, -0.15) is 5.10 Å². The molecule has 1 N–H and O–H groups in total. The van der Waals surface area contributed by atoms with E-state index in [0.717, 1.165) is 5.69 Å². The van der Waals surface area contributed by atoms with Crippen LogP contribution in [0.4, 0.5) is 10.8 Å². The van der Waals surface area contributed by atoms with Crippen LogP contribution >= 0.6 is 11.3 Å². The Labute approximate surface area is 154 Å². The average molecular weight is 368 g/mol. The van der Waals surface area contributed by atoms with Crippen molar-refractivity contribution < 1.29 is 14.0 Å². The summed E-state index contributed by atoms with van der Waals surface area (Å²) >= 11 is 1.31. The number of hydrazone groups is 1. The Morgan fingerprint density at radius 2 is 2.04 bits per heavy atom. The van der Waals surface area contributed by atoms with Crippen LogP contribution in [0.15, 0.2) is 57.6 Å². The Kier molecular flexibility index (Phi) is 5.23. The molecule has 0 bridgehead atoms. The molecule has 26 heavy (non-hydrogen) atoms. The molecule has 0 radical (unpaired) electrons. The Bertz CT molecular complexity index is 946. The highest BCUT2D eigenvalue weighted by atomic mass is 32.1. The van der Waals surface area contributed by atoms with E-state index in [4.69, 9.17) is 4.42 Å². The fourth-order valence-corrected chi connectivity index (χ4v) is 3.12. The summed E-state index contributed by atoms with van der Waals surface area (Å²) in [4.78, 5) is 29.9. The van der Waals surface area contributed by atoms with Gasteiger partial charge < -0.3 is 4.42 Å². The van der Waals surface area contributed by atoms with E-state index < -0.39 is 0 Å². The lowest BCUT2D eigenvalue weighted by molar-refractivity contribution is -0.115. The number of para-hydroxylation sites is 1. The molecule has 7 nitrogen and oxygen atoms in total. The largest absolute Gasteiger partial charge is 0.469 e. The molecule has 3 aromatic rings. The molecule has 2 aromatic heterocycles. The van der Waals surface area contributed by atoms with Gasteiger partial charge in [-0.05, 0) is 25.1 Å². The van der Waals surface area contributed by atoms with Crippen LogP contribution in [0, 0.1) is 6.92 Å². The van der Waals surface area contributed by atoms with Crippen LogP contribution in [0.2, 0.25) is 0 Å². The summed E-state index contributed by atoms with van der Waals surface area (Å²) in [6, 6.07) is 10.8. The number of hydrogen-bond acceptors (Lipinski definition) is 6. The van der Waals surface area contributed by atoms with Gasteiger partial charge in [0.25, 0.3) is 5.91 Å². The second kappa shape index (κ2) is 7.75. The maximum atomic E-state index is 12.0. The maximum absolute atomic E-state index is 12.0. The molecule has 0 atom stereocenters. The van der Waals surface area contributed by atoms with Crippen molar-refractivity contribution in [3.05, 3.63) is 65.1 Å². The van der Waals surface area contributed by atoms with Gasteiger partial charge in [0.15, 0.2) is 5.13 Å². The fourth-order valence-electron chi connectivity index (χ4n) is 2.28. The van der Waals surface area contributed by atoms with Gasteiger partial charge in [-0.1, -0.05) is 18.2 Å². The van der Waals surface area contributed by atoms with E-state index in [2.05, 4.69) is 15.5 Å². The van der Waals surface area contributed by atoms with Crippen LogP contribution in [-0.4, -0.2) is 23.0 Å². The number of nitrogens with one attached hydrogen (secondary N) is 1. The quantitative estimate of drug-likeness (QED) is 0.551. The number of hydrogen-bond donors (Lipinski definition) is 1. The van der Waals surface area contributed by atoms with Gasteiger partial charge in [0.1, 0.15) is 5.76 Å². The molecule has 132 valence electrons. The summed E-state index contributed by atoms with van der Waals surface area (Å²) < 4.78 is 5.08. The molecule has 1 aromatic carbocycles. The van der Waals surface area contributed by atoms with Crippen molar-refractivity contribution in [2.75, 3.05) is 4.90 Å². The molecule has 0 aliphatic heterocycles. The Balaban J connectivity index is 1.72. The third kappa shape index (κ3) is 3.86. The minimum atomic E-state index is -0.363. The van der Waals surface area contributed by atoms with Gasteiger partial charge in [0.05, 0.1) is 29.4 Å². The number of furan rings is 1. The van der Waals surface area contributed by atoms with Gasteiger partial charge in [-0.15, -0.1) is 11.3 Å². The van der Waals surface area contributed by atoms with Crippen molar-refractivity contribution in [3.63, 3.8) is 0 Å². The lowest BCUT2D eigenvalue weighted by Gasteiger charge is -2.17. The molecule has 3 rings (SSSR count). The van der Waals surface area contributed by atoms with Crippen molar-refractivity contribution in [1.29, 1.82) is 0 Å². The molecule has 0 unspecified atom stereocenters. The van der Waals surface area contributed by atoms with Crippen LogP contribution in [0.1, 0.15) is 28.7 Å². The van der Waals surface area contributed by atoms with Crippen LogP contribution in [0.5, 0.6) is 0 Å². The van der Waals surface area contributed by atoms with Gasteiger partial charge in [-0.3, -0.25) is 14.5 Å². The monoisotopic (exact) mass is 368 g/mol. The molecule has 0 saturated carbocycles. The summed E-state index contributed by atoms with van der Waals surface area (Å²) in [6.07, 6.45) is 2.87. The zero-order chi connectivity index (χ0) is 18.5. The van der Waals surface area contributed by atoms with Crippen molar-refractivity contribution in [2.24, 2.45) is 5.10 Å². The van der Waals surface area contributed by atoms with Gasteiger partial charge in [0, 0.05) is 12.3 Å². The molecule has 2 heterocycles. The van der Waals surface area contributed by atoms with E-state index in [1.54, 1.807) is 18.4 Å². The Morgan fingerprint density at radius 3 is 2.69 bits per heavy atom. The second-order valence-electron chi connectivity index (χ2n) is 5.33. The predicted octanol–water partition coefficient (Wildman–Crippen LogP) is 3.49. The minimum absolute atomic E-state index is 0.141. The number of aromatic nitrogens is 1. The molecule has 0 aliphatic carbocycles. The lowest BCUT2D eigenvalue weighted by atomic mass is 10.2. The highest BCUT2D eigenvalue weighted by Crippen LogP contribution is 2.28. The average Bonchev–Trinajstić information content (AvgIpc) is 3.25. The summed E-state index contributed by atoms with van der Waals surface area (Å²) in [5, 5.41) is 6.19. The van der Waals surface area contributed by atoms with Crippen LogP contribution in [-0.2, 0) is 4.79 Å². The number of anilines is 2. The molecule has 0 saturated heterocycles. The summed E-state index contributed by atoms with van der Waals surface area (Å²) in [5.74, 6) is 0.0176. The number of carbonyl (C=O) groups excluding carboxylic acids is 2. The predicted molar refractivity (Wildman–Crippen MR) is 99.9 cm³/mol. The standard InChI is InChI=1S/C18H16N4O3S/c1-12-16(8-9-25-12)17(24)21-19-10-14-11-26-18(20-14)22(13(2)23)15-6-4-3-5-7-15/h3-11H,1-2H3,(H,21,24)/b19-10-. The van der Waals surface area contributed by atoms with E-state index in [-0.39, 0.29) is 11.8 Å². The summed E-state index contributed by atoms with van der Waals surface area (Å²) in [6.45, 7) is 3.18. The molecular weight excluding hydrogens is 352 g/mol. The number of benzene rings is 1. The molecular formula is C18H16N4O3S. The van der Waals surface area contributed by atoms with E-state index in [1.165, 1.54) is 35.6 Å². The number of thiazole rings is 1. The molecule has 0 aliphatic rings.